The Morgan fingerprint density at radius 3 is 2.68 bits per heavy atom. The van der Waals surface area contributed by atoms with E-state index >= 15 is 0 Å². The van der Waals surface area contributed by atoms with Crippen LogP contribution in [0, 0.1) is 19.8 Å². The summed E-state index contributed by atoms with van der Waals surface area (Å²) in [4.78, 5) is 29.8. The Balaban J connectivity index is 1.31. The molecule has 7 nitrogen and oxygen atoms in total. The lowest BCUT2D eigenvalue weighted by Gasteiger charge is -2.33. The number of pyridine rings is 1. The second kappa shape index (κ2) is 7.80. The van der Waals surface area contributed by atoms with Gasteiger partial charge in [-0.15, -0.1) is 10.2 Å². The first kappa shape index (κ1) is 19.7. The lowest BCUT2D eigenvalue weighted by atomic mass is 9.95. The van der Waals surface area contributed by atoms with Crippen LogP contribution in [0.3, 0.4) is 0 Å². The average Bonchev–Trinajstić information content (AvgIpc) is 3.36. The lowest BCUT2D eigenvalue weighted by Crippen LogP contribution is -2.43. The summed E-state index contributed by atoms with van der Waals surface area (Å²) in [5, 5.41) is 8.67. The average molecular weight is 418 g/mol. The molecule has 2 amide bonds. The van der Waals surface area contributed by atoms with Crippen LogP contribution in [0.4, 0.5) is 5.69 Å². The van der Waals surface area contributed by atoms with Crippen LogP contribution >= 0.6 is 0 Å². The number of aromatic nitrogens is 3. The van der Waals surface area contributed by atoms with Gasteiger partial charge in [-0.25, -0.2) is 0 Å². The largest absolute Gasteiger partial charge is 0.342 e. The fraction of sp³-hybridized carbons (Fsp3) is 0.417. The second-order valence-electron chi connectivity index (χ2n) is 8.86. The first-order valence-corrected chi connectivity index (χ1v) is 11.0. The number of benzene rings is 1. The van der Waals surface area contributed by atoms with Crippen molar-refractivity contribution in [2.45, 2.75) is 39.0 Å². The van der Waals surface area contributed by atoms with Gasteiger partial charge in [0.1, 0.15) is 5.82 Å². The number of nitrogens with zero attached hydrogens (tertiary/aromatic N) is 5. The summed E-state index contributed by atoms with van der Waals surface area (Å²) < 4.78 is 2.01. The van der Waals surface area contributed by atoms with Crippen LogP contribution in [0.15, 0.2) is 42.6 Å². The lowest BCUT2D eigenvalue weighted by molar-refractivity contribution is -0.137. The Hall–Kier alpha value is -3.22. The molecule has 3 aromatic rings. The third kappa shape index (κ3) is 3.69. The van der Waals surface area contributed by atoms with E-state index in [1.165, 1.54) is 0 Å². The number of amides is 2. The molecule has 0 radical (unpaired) electrons. The van der Waals surface area contributed by atoms with Crippen LogP contribution in [0.2, 0.25) is 0 Å². The minimum absolute atomic E-state index is 0.0281. The van der Waals surface area contributed by atoms with Crippen molar-refractivity contribution in [2.24, 2.45) is 5.92 Å². The molecule has 0 bridgehead atoms. The van der Waals surface area contributed by atoms with E-state index in [4.69, 9.17) is 0 Å². The Morgan fingerprint density at radius 1 is 1.06 bits per heavy atom. The molecule has 0 spiro atoms. The minimum atomic E-state index is -0.290. The highest BCUT2D eigenvalue weighted by Gasteiger charge is 2.39. The van der Waals surface area contributed by atoms with Gasteiger partial charge in [0.15, 0.2) is 5.65 Å². The first-order chi connectivity index (χ1) is 15.0. The van der Waals surface area contributed by atoms with Crippen molar-refractivity contribution in [1.82, 2.24) is 19.5 Å². The van der Waals surface area contributed by atoms with Crippen LogP contribution in [0.5, 0.6) is 0 Å². The highest BCUT2D eigenvalue weighted by molar-refractivity contribution is 6.00. The zero-order chi connectivity index (χ0) is 21.5. The summed E-state index contributed by atoms with van der Waals surface area (Å²) in [6, 6.07) is 12.0. The molecule has 1 aromatic carbocycles. The monoisotopic (exact) mass is 417 g/mol. The SMILES string of the molecule is Cc1cc(C)cc(N2C[C@@H](C(=O)N3CCC[C@H](c4nnc5ccccn45)C3)CC2=O)c1. The quantitative estimate of drug-likeness (QED) is 0.657. The number of hydrogen-bond donors (Lipinski definition) is 0. The molecule has 2 aromatic heterocycles. The van der Waals surface area contributed by atoms with E-state index in [0.717, 1.165) is 47.7 Å². The fourth-order valence-electron chi connectivity index (χ4n) is 5.01. The molecule has 4 heterocycles. The summed E-state index contributed by atoms with van der Waals surface area (Å²) in [7, 11) is 0. The van der Waals surface area contributed by atoms with Crippen LogP contribution in [0.25, 0.3) is 5.65 Å². The van der Waals surface area contributed by atoms with Crippen LogP contribution < -0.4 is 4.90 Å². The first-order valence-electron chi connectivity index (χ1n) is 11.0. The number of likely N-dealkylation sites (tertiary alicyclic amines) is 1. The van der Waals surface area contributed by atoms with Crippen molar-refractivity contribution in [1.29, 1.82) is 0 Å². The van der Waals surface area contributed by atoms with E-state index in [0.29, 0.717) is 13.1 Å². The maximum absolute atomic E-state index is 13.3. The standard InChI is InChI=1S/C24H27N5O2/c1-16-10-17(2)12-20(11-16)29-15-19(13-22(29)30)24(31)27-8-5-6-18(14-27)23-26-25-21-7-3-4-9-28(21)23/h3-4,7,9-12,18-19H,5-6,8,13-15H2,1-2H3/t18-,19-/m0/s1. The summed E-state index contributed by atoms with van der Waals surface area (Å²) in [5.41, 5.74) is 3.96. The molecule has 2 fully saturated rings. The van der Waals surface area contributed by atoms with Gasteiger partial charge in [-0.1, -0.05) is 12.1 Å². The molecule has 2 saturated heterocycles. The van der Waals surface area contributed by atoms with Gasteiger partial charge in [0.05, 0.1) is 5.92 Å². The van der Waals surface area contributed by atoms with Crippen molar-refractivity contribution in [2.75, 3.05) is 24.5 Å². The van der Waals surface area contributed by atoms with Crippen molar-refractivity contribution >= 4 is 23.1 Å². The number of piperidine rings is 1. The third-order valence-corrected chi connectivity index (χ3v) is 6.43. The van der Waals surface area contributed by atoms with E-state index in [1.54, 1.807) is 4.90 Å². The van der Waals surface area contributed by atoms with Gasteiger partial charge in [0, 0.05) is 43.9 Å². The third-order valence-electron chi connectivity index (χ3n) is 6.43. The van der Waals surface area contributed by atoms with E-state index in [1.807, 2.05) is 59.7 Å². The number of carbonyl (C=O) groups excluding carboxylic acids is 2. The molecule has 160 valence electrons. The van der Waals surface area contributed by atoms with E-state index in [9.17, 15) is 9.59 Å². The maximum atomic E-state index is 13.3. The van der Waals surface area contributed by atoms with Crippen LogP contribution in [-0.4, -0.2) is 50.9 Å². The van der Waals surface area contributed by atoms with E-state index < -0.39 is 0 Å². The summed E-state index contributed by atoms with van der Waals surface area (Å²) in [6.07, 6.45) is 4.17. The highest BCUT2D eigenvalue weighted by Crippen LogP contribution is 2.31. The molecule has 2 aliphatic heterocycles. The Kier molecular flexibility index (Phi) is 4.96. The topological polar surface area (TPSA) is 70.8 Å². The van der Waals surface area contributed by atoms with Crippen LogP contribution in [-0.2, 0) is 9.59 Å². The number of anilines is 1. The molecule has 2 aliphatic rings. The number of aryl methyl sites for hydroxylation is 2. The van der Waals surface area contributed by atoms with Gasteiger partial charge in [0.2, 0.25) is 11.8 Å². The van der Waals surface area contributed by atoms with Crippen molar-refractivity contribution < 1.29 is 9.59 Å². The molecular formula is C24H27N5O2. The fourth-order valence-corrected chi connectivity index (χ4v) is 5.01. The zero-order valence-corrected chi connectivity index (χ0v) is 18.0. The maximum Gasteiger partial charge on any atom is 0.228 e. The number of hydrogen-bond acceptors (Lipinski definition) is 4. The number of carbonyl (C=O) groups is 2. The molecule has 0 unspecified atom stereocenters. The predicted molar refractivity (Wildman–Crippen MR) is 118 cm³/mol. The van der Waals surface area contributed by atoms with Crippen molar-refractivity contribution in [3.63, 3.8) is 0 Å². The predicted octanol–water partition coefficient (Wildman–Crippen LogP) is 3.11. The molecule has 7 heteroatoms. The Labute approximate surface area is 181 Å². The van der Waals surface area contributed by atoms with Gasteiger partial charge in [-0.3, -0.25) is 14.0 Å². The number of rotatable bonds is 3. The summed E-state index contributed by atoms with van der Waals surface area (Å²) in [6.45, 7) is 5.88. The molecule has 5 rings (SSSR count). The van der Waals surface area contributed by atoms with Crippen molar-refractivity contribution in [3.05, 3.63) is 59.5 Å². The Bertz CT molecular complexity index is 1130. The molecule has 31 heavy (non-hydrogen) atoms. The van der Waals surface area contributed by atoms with Gasteiger partial charge in [0.25, 0.3) is 0 Å². The van der Waals surface area contributed by atoms with Gasteiger partial charge in [-0.05, 0) is 62.1 Å². The van der Waals surface area contributed by atoms with E-state index in [-0.39, 0.29) is 30.1 Å². The molecular weight excluding hydrogens is 390 g/mol. The molecule has 2 atom stereocenters. The Morgan fingerprint density at radius 2 is 1.87 bits per heavy atom. The zero-order valence-electron chi connectivity index (χ0n) is 18.0. The summed E-state index contributed by atoms with van der Waals surface area (Å²) in [5.74, 6) is 0.886. The van der Waals surface area contributed by atoms with E-state index in [2.05, 4.69) is 16.3 Å². The van der Waals surface area contributed by atoms with Gasteiger partial charge < -0.3 is 9.80 Å². The van der Waals surface area contributed by atoms with Crippen LogP contribution in [0.1, 0.15) is 42.1 Å². The highest BCUT2D eigenvalue weighted by atomic mass is 16.2. The van der Waals surface area contributed by atoms with Crippen molar-refractivity contribution in [3.8, 4) is 0 Å². The van der Waals surface area contributed by atoms with Gasteiger partial charge >= 0.3 is 0 Å². The normalized spacial score (nSPS) is 21.8. The number of fused-ring (bicyclic) bond motifs is 1. The minimum Gasteiger partial charge on any atom is -0.342 e. The molecule has 0 N–H and O–H groups in total. The molecule has 0 aliphatic carbocycles. The smallest absolute Gasteiger partial charge is 0.228 e. The van der Waals surface area contributed by atoms with Gasteiger partial charge in [-0.2, -0.15) is 0 Å². The summed E-state index contributed by atoms with van der Waals surface area (Å²) >= 11 is 0. The second-order valence-corrected chi connectivity index (χ2v) is 8.86. The molecule has 0 saturated carbocycles.